The van der Waals surface area contributed by atoms with E-state index in [2.05, 4.69) is 15.5 Å². The molecule has 0 aromatic carbocycles. The molecule has 4 nitrogen and oxygen atoms in total. The fraction of sp³-hybridized carbons (Fsp3) is 0.400. The molecule has 1 unspecified atom stereocenters. The van der Waals surface area contributed by atoms with Crippen molar-refractivity contribution in [3.8, 4) is 11.5 Å². The van der Waals surface area contributed by atoms with E-state index in [4.69, 9.17) is 27.6 Å². The fourth-order valence-electron chi connectivity index (χ4n) is 1.40. The van der Waals surface area contributed by atoms with E-state index in [0.717, 1.165) is 6.54 Å². The van der Waals surface area contributed by atoms with Crippen molar-refractivity contribution >= 4 is 34.5 Å². The van der Waals surface area contributed by atoms with Gasteiger partial charge in [0.15, 0.2) is 0 Å². The van der Waals surface area contributed by atoms with Crippen molar-refractivity contribution in [3.05, 3.63) is 20.6 Å². The first-order valence-corrected chi connectivity index (χ1v) is 6.71. The van der Waals surface area contributed by atoms with Gasteiger partial charge in [0, 0.05) is 0 Å². The average Bonchev–Trinajstić information content (AvgIpc) is 2.85. The van der Waals surface area contributed by atoms with Gasteiger partial charge in [-0.15, -0.1) is 21.5 Å². The summed E-state index contributed by atoms with van der Waals surface area (Å²) in [6.45, 7) is 4.82. The molecule has 0 saturated heterocycles. The Morgan fingerprint density at radius 1 is 1.47 bits per heavy atom. The molecule has 1 atom stereocenters. The third kappa shape index (κ3) is 2.80. The van der Waals surface area contributed by atoms with Gasteiger partial charge in [-0.1, -0.05) is 30.1 Å². The lowest BCUT2D eigenvalue weighted by molar-refractivity contribution is 0.429. The number of halogens is 2. The summed E-state index contributed by atoms with van der Waals surface area (Å²) in [5.41, 5.74) is 0.684. The van der Waals surface area contributed by atoms with Crippen molar-refractivity contribution in [2.45, 2.75) is 19.9 Å². The van der Waals surface area contributed by atoms with Gasteiger partial charge in [-0.05, 0) is 19.5 Å². The third-order valence-electron chi connectivity index (χ3n) is 2.21. The van der Waals surface area contributed by atoms with Gasteiger partial charge in [0.05, 0.1) is 15.9 Å². The first kappa shape index (κ1) is 12.8. The molecule has 2 heterocycles. The highest BCUT2D eigenvalue weighted by atomic mass is 35.5. The number of nitrogens with one attached hydrogen (secondary N) is 1. The molecular weight excluding hydrogens is 281 g/mol. The van der Waals surface area contributed by atoms with E-state index >= 15 is 0 Å². The maximum atomic E-state index is 6.02. The monoisotopic (exact) mass is 291 g/mol. The molecule has 0 spiro atoms. The highest BCUT2D eigenvalue weighted by Gasteiger charge is 2.17. The normalized spacial score (nSPS) is 12.9. The van der Waals surface area contributed by atoms with Gasteiger partial charge >= 0.3 is 0 Å². The molecule has 92 valence electrons. The second kappa shape index (κ2) is 5.35. The van der Waals surface area contributed by atoms with E-state index in [9.17, 15) is 0 Å². The van der Waals surface area contributed by atoms with Crippen LogP contribution in [0.25, 0.3) is 11.5 Å². The number of hydrogen-bond acceptors (Lipinski definition) is 5. The maximum Gasteiger partial charge on any atom is 0.250 e. The Morgan fingerprint density at radius 3 is 2.82 bits per heavy atom. The van der Waals surface area contributed by atoms with Crippen LogP contribution in [0.5, 0.6) is 0 Å². The van der Waals surface area contributed by atoms with Gasteiger partial charge in [-0.3, -0.25) is 0 Å². The number of aromatic nitrogens is 2. The smallest absolute Gasteiger partial charge is 0.250 e. The number of thiophene rings is 1. The second-order valence-electron chi connectivity index (χ2n) is 3.46. The van der Waals surface area contributed by atoms with Gasteiger partial charge in [-0.25, -0.2) is 0 Å². The van der Waals surface area contributed by atoms with Crippen molar-refractivity contribution in [2.24, 2.45) is 0 Å². The number of nitrogens with zero attached hydrogens (tertiary/aromatic N) is 2. The van der Waals surface area contributed by atoms with Crippen LogP contribution >= 0.6 is 34.5 Å². The van der Waals surface area contributed by atoms with Crippen molar-refractivity contribution in [1.29, 1.82) is 0 Å². The summed E-state index contributed by atoms with van der Waals surface area (Å²) in [7, 11) is 0. The average molecular weight is 292 g/mol. The predicted octanol–water partition coefficient (Wildman–Crippen LogP) is 3.78. The third-order valence-corrected chi connectivity index (χ3v) is 3.70. The SMILES string of the molecule is CCNC(C)c1nnc(-c2cc(Cl)sc2Cl)o1. The molecule has 0 radical (unpaired) electrons. The van der Waals surface area contributed by atoms with Crippen molar-refractivity contribution < 1.29 is 4.42 Å². The van der Waals surface area contributed by atoms with Crippen LogP contribution in [0, 0.1) is 0 Å². The topological polar surface area (TPSA) is 51.0 Å². The Labute approximate surface area is 113 Å². The van der Waals surface area contributed by atoms with Crippen LogP contribution < -0.4 is 5.32 Å². The first-order valence-electron chi connectivity index (χ1n) is 5.13. The zero-order valence-corrected chi connectivity index (χ0v) is 11.7. The van der Waals surface area contributed by atoms with E-state index < -0.39 is 0 Å². The molecule has 0 aliphatic rings. The van der Waals surface area contributed by atoms with Crippen LogP contribution in [-0.2, 0) is 0 Å². The minimum absolute atomic E-state index is 0.0223. The first-order chi connectivity index (χ1) is 8.11. The maximum absolute atomic E-state index is 6.02. The van der Waals surface area contributed by atoms with Gasteiger partial charge < -0.3 is 9.73 Å². The molecule has 0 bridgehead atoms. The minimum atomic E-state index is 0.0223. The Balaban J connectivity index is 2.26. The van der Waals surface area contributed by atoms with E-state index in [-0.39, 0.29) is 6.04 Å². The lowest BCUT2D eigenvalue weighted by Gasteiger charge is -2.05. The lowest BCUT2D eigenvalue weighted by atomic mass is 10.3. The largest absolute Gasteiger partial charge is 0.419 e. The number of hydrogen-bond donors (Lipinski definition) is 1. The Hall–Kier alpha value is -0.620. The molecule has 2 aromatic rings. The van der Waals surface area contributed by atoms with Gasteiger partial charge in [0.25, 0.3) is 0 Å². The van der Waals surface area contributed by atoms with Gasteiger partial charge in [-0.2, -0.15) is 0 Å². The molecule has 0 aliphatic carbocycles. The predicted molar refractivity (Wildman–Crippen MR) is 69.7 cm³/mol. The highest BCUT2D eigenvalue weighted by Crippen LogP contribution is 2.37. The van der Waals surface area contributed by atoms with Crippen LogP contribution in [-0.4, -0.2) is 16.7 Å². The van der Waals surface area contributed by atoms with Crippen molar-refractivity contribution in [2.75, 3.05) is 6.54 Å². The highest BCUT2D eigenvalue weighted by molar-refractivity contribution is 7.20. The van der Waals surface area contributed by atoms with E-state index in [0.29, 0.717) is 26.0 Å². The Bertz CT molecular complexity index is 511. The lowest BCUT2D eigenvalue weighted by Crippen LogP contribution is -2.17. The molecule has 1 N–H and O–H groups in total. The van der Waals surface area contributed by atoms with Crippen LogP contribution in [0.15, 0.2) is 10.5 Å². The summed E-state index contributed by atoms with van der Waals surface area (Å²) in [5.74, 6) is 0.943. The zero-order chi connectivity index (χ0) is 12.4. The summed E-state index contributed by atoms with van der Waals surface area (Å²) in [6.07, 6.45) is 0. The molecule has 0 fully saturated rings. The van der Waals surface area contributed by atoms with Crippen LogP contribution in [0.4, 0.5) is 0 Å². The Morgan fingerprint density at radius 2 is 2.24 bits per heavy atom. The molecule has 17 heavy (non-hydrogen) atoms. The summed E-state index contributed by atoms with van der Waals surface area (Å²) in [4.78, 5) is 0. The van der Waals surface area contributed by atoms with Crippen LogP contribution in [0.3, 0.4) is 0 Å². The summed E-state index contributed by atoms with van der Waals surface area (Å²) in [5, 5.41) is 11.1. The summed E-state index contributed by atoms with van der Waals surface area (Å²) >= 11 is 13.2. The molecule has 0 amide bonds. The number of rotatable bonds is 4. The minimum Gasteiger partial charge on any atom is -0.419 e. The van der Waals surface area contributed by atoms with Crippen LogP contribution in [0.1, 0.15) is 25.8 Å². The quantitative estimate of drug-likeness (QED) is 0.931. The molecular formula is C10H11Cl2N3OS. The molecule has 7 heteroatoms. The van der Waals surface area contributed by atoms with Crippen LogP contribution in [0.2, 0.25) is 8.67 Å². The van der Waals surface area contributed by atoms with E-state index in [1.54, 1.807) is 6.07 Å². The molecule has 0 aliphatic heterocycles. The molecule has 2 rings (SSSR count). The Kier molecular flexibility index (Phi) is 4.04. The van der Waals surface area contributed by atoms with Crippen molar-refractivity contribution in [1.82, 2.24) is 15.5 Å². The molecule has 0 saturated carbocycles. The fourth-order valence-corrected chi connectivity index (χ4v) is 2.85. The second-order valence-corrected chi connectivity index (χ2v) is 5.75. The standard InChI is InChI=1S/C10H11Cl2N3OS/c1-3-13-5(2)9-14-15-10(16-9)6-4-7(11)17-8(6)12/h4-5,13H,3H2,1-2H3. The van der Waals surface area contributed by atoms with Gasteiger partial charge in [0.2, 0.25) is 11.8 Å². The summed E-state index contributed by atoms with van der Waals surface area (Å²) < 4.78 is 6.72. The van der Waals surface area contributed by atoms with Crippen molar-refractivity contribution in [3.63, 3.8) is 0 Å². The van der Waals surface area contributed by atoms with E-state index in [1.165, 1.54) is 11.3 Å². The summed E-state index contributed by atoms with van der Waals surface area (Å²) in [6, 6.07) is 1.75. The molecule has 2 aromatic heterocycles. The van der Waals surface area contributed by atoms with E-state index in [1.807, 2.05) is 13.8 Å². The van der Waals surface area contributed by atoms with Gasteiger partial charge in [0.1, 0.15) is 4.34 Å². The zero-order valence-electron chi connectivity index (χ0n) is 9.33.